The second-order valence-corrected chi connectivity index (χ2v) is 17.0. The minimum atomic E-state index is -1.10. The summed E-state index contributed by atoms with van der Waals surface area (Å²) in [5.74, 6) is 3.89. The van der Waals surface area contributed by atoms with Gasteiger partial charge in [0.05, 0.1) is 39.5 Å². The van der Waals surface area contributed by atoms with E-state index in [2.05, 4.69) is 39.9 Å². The highest BCUT2D eigenvalue weighted by atomic mass is 16.5. The summed E-state index contributed by atoms with van der Waals surface area (Å²) in [4.78, 5) is 37.6. The first-order valence-corrected chi connectivity index (χ1v) is 19.9. The predicted octanol–water partition coefficient (Wildman–Crippen LogP) is 6.84. The molecule has 0 spiro atoms. The second-order valence-electron chi connectivity index (χ2n) is 17.0. The molecule has 0 saturated heterocycles. The molecule has 3 N–H and O–H groups in total. The average molecular weight is 691 g/mol. The van der Waals surface area contributed by atoms with Crippen molar-refractivity contribution in [3.8, 4) is 0 Å². The highest BCUT2D eigenvalue weighted by molar-refractivity contribution is 5.90. The smallest absolute Gasteiger partial charge is 0.308 e. The Kier molecular flexibility index (Phi) is 15.3. The zero-order chi connectivity index (χ0) is 35.6. The van der Waals surface area contributed by atoms with Crippen LogP contribution in [-0.4, -0.2) is 69.6 Å². The van der Waals surface area contributed by atoms with E-state index in [9.17, 15) is 14.4 Å². The van der Waals surface area contributed by atoms with E-state index in [0.717, 1.165) is 54.8 Å². The van der Waals surface area contributed by atoms with Gasteiger partial charge in [-0.3, -0.25) is 14.4 Å². The summed E-state index contributed by atoms with van der Waals surface area (Å²) in [6.07, 6.45) is 14.7. The summed E-state index contributed by atoms with van der Waals surface area (Å²) < 4.78 is 22.0. The monoisotopic (exact) mass is 691 g/mol. The van der Waals surface area contributed by atoms with Crippen LogP contribution in [0, 0.1) is 52.3 Å². The van der Waals surface area contributed by atoms with Crippen molar-refractivity contribution in [1.29, 1.82) is 0 Å². The van der Waals surface area contributed by atoms with Gasteiger partial charge in [-0.25, -0.2) is 0 Å². The Bertz CT molecular complexity index is 1070. The van der Waals surface area contributed by atoms with E-state index in [1.165, 1.54) is 57.8 Å². The molecule has 0 aromatic carbocycles. The lowest BCUT2D eigenvalue weighted by Gasteiger charge is -2.61. The number of hydrogen-bond acceptors (Lipinski definition) is 7. The van der Waals surface area contributed by atoms with Crippen LogP contribution in [-0.2, 0) is 33.3 Å². The summed E-state index contributed by atoms with van der Waals surface area (Å²) in [5.41, 5.74) is 6.36. The lowest BCUT2D eigenvalue weighted by Crippen LogP contribution is -2.54. The van der Waals surface area contributed by atoms with Gasteiger partial charge in [0.15, 0.2) is 0 Å². The number of ether oxygens (including phenoxy) is 4. The number of carbonyl (C=O) groups is 3. The largest absolute Gasteiger partial charge is 0.462 e. The van der Waals surface area contributed by atoms with Gasteiger partial charge in [0, 0.05) is 13.0 Å². The van der Waals surface area contributed by atoms with E-state index in [-0.39, 0.29) is 25.6 Å². The summed E-state index contributed by atoms with van der Waals surface area (Å²) in [6.45, 7) is 17.0. The number of hydrogen-bond donors (Lipinski definition) is 2. The van der Waals surface area contributed by atoms with E-state index in [1.807, 2.05) is 6.92 Å². The van der Waals surface area contributed by atoms with Crippen molar-refractivity contribution < 1.29 is 33.3 Å². The lowest BCUT2D eigenvalue weighted by atomic mass is 9.44. The molecule has 0 heterocycles. The number of nitrogens with two attached hydrogens (primary N) is 1. The minimum Gasteiger partial charge on any atom is -0.462 e. The first-order valence-electron chi connectivity index (χ1n) is 19.9. The molecular weight excluding hydrogens is 620 g/mol. The molecule has 0 aliphatic heterocycles. The number of carbonyl (C=O) groups excluding carboxylic acids is 3. The Hall–Kier alpha value is -1.71. The van der Waals surface area contributed by atoms with Crippen LogP contribution < -0.4 is 11.1 Å². The maximum atomic E-state index is 13.0. The van der Waals surface area contributed by atoms with Crippen molar-refractivity contribution in [2.45, 2.75) is 144 Å². The molecule has 282 valence electrons. The van der Waals surface area contributed by atoms with Gasteiger partial charge in [-0.05, 0) is 117 Å². The molecule has 10 atom stereocenters. The third kappa shape index (κ3) is 10.4. The van der Waals surface area contributed by atoms with Crippen LogP contribution in [0.4, 0.5) is 0 Å². The van der Waals surface area contributed by atoms with Crippen molar-refractivity contribution in [3.63, 3.8) is 0 Å². The normalized spacial score (nSPS) is 33.6. The Labute approximate surface area is 297 Å². The second kappa shape index (κ2) is 18.7. The SMILES string of the molecule is CCOCCOCCOCCC(=O)N[C@@H](CC(=O)O[C@H]1CC[C@@]2(C)C(CCC3C2CC[C@@]2(C)C3CC[C@@H]2[C@H](C)CCCC(C)C)C1)C(N)=O. The Morgan fingerprint density at radius 2 is 1.49 bits per heavy atom. The van der Waals surface area contributed by atoms with Crippen LogP contribution in [0.3, 0.4) is 0 Å². The van der Waals surface area contributed by atoms with Crippen LogP contribution >= 0.6 is 0 Å². The van der Waals surface area contributed by atoms with E-state index in [4.69, 9.17) is 24.7 Å². The number of fused-ring (bicyclic) bond motifs is 5. The van der Waals surface area contributed by atoms with Gasteiger partial charge in [0.25, 0.3) is 0 Å². The number of amides is 2. The van der Waals surface area contributed by atoms with Crippen molar-refractivity contribution >= 4 is 17.8 Å². The third-order valence-corrected chi connectivity index (χ3v) is 13.6. The number of primary amides is 1. The zero-order valence-corrected chi connectivity index (χ0v) is 31.8. The first-order chi connectivity index (χ1) is 23.4. The summed E-state index contributed by atoms with van der Waals surface area (Å²) in [5, 5.41) is 2.60. The molecule has 49 heavy (non-hydrogen) atoms. The number of rotatable bonds is 20. The molecule has 0 radical (unpaired) electrons. The van der Waals surface area contributed by atoms with Crippen molar-refractivity contribution in [1.82, 2.24) is 5.32 Å². The molecule has 4 unspecified atom stereocenters. The molecule has 9 heteroatoms. The van der Waals surface area contributed by atoms with E-state index >= 15 is 0 Å². The maximum absolute atomic E-state index is 13.0. The van der Waals surface area contributed by atoms with E-state index in [1.54, 1.807) is 0 Å². The molecule has 4 aliphatic carbocycles. The standard InChI is InChI=1S/C40H70N2O7/c1-7-46-21-22-48-24-23-47-20-17-36(43)42-35(38(41)45)26-37(44)49-30-15-18-39(5)29(25-30)11-12-31-33-14-13-32(28(4)10-8-9-27(2)3)40(33,6)19-16-34(31)39/h27-35H,7-26H2,1-6H3,(H2,41,45)(H,42,43)/t28-,29?,30+,31?,32-,33?,34?,35+,39+,40-/m1/s1. The van der Waals surface area contributed by atoms with Crippen molar-refractivity contribution in [2.75, 3.05) is 39.6 Å². The van der Waals surface area contributed by atoms with Crippen LogP contribution in [0.25, 0.3) is 0 Å². The number of nitrogens with one attached hydrogen (secondary N) is 1. The van der Waals surface area contributed by atoms with Crippen molar-refractivity contribution in [3.05, 3.63) is 0 Å². The quantitative estimate of drug-likeness (QED) is 0.106. The molecule has 0 aromatic heterocycles. The summed E-state index contributed by atoms with van der Waals surface area (Å²) in [7, 11) is 0. The van der Waals surface area contributed by atoms with Gasteiger partial charge in [-0.2, -0.15) is 0 Å². The Morgan fingerprint density at radius 1 is 0.816 bits per heavy atom. The van der Waals surface area contributed by atoms with Gasteiger partial charge >= 0.3 is 5.97 Å². The summed E-state index contributed by atoms with van der Waals surface area (Å²) in [6, 6.07) is -1.10. The molecule has 0 bridgehead atoms. The highest BCUT2D eigenvalue weighted by Crippen LogP contribution is 2.68. The van der Waals surface area contributed by atoms with Gasteiger partial charge in [-0.15, -0.1) is 0 Å². The van der Waals surface area contributed by atoms with Gasteiger partial charge in [0.1, 0.15) is 12.1 Å². The lowest BCUT2D eigenvalue weighted by molar-refractivity contribution is -0.163. The fourth-order valence-electron chi connectivity index (χ4n) is 11.0. The molecular formula is C40H70N2O7. The molecule has 4 fully saturated rings. The fraction of sp³-hybridized carbons (Fsp3) is 0.925. The Morgan fingerprint density at radius 3 is 2.18 bits per heavy atom. The van der Waals surface area contributed by atoms with Crippen LogP contribution in [0.15, 0.2) is 0 Å². The van der Waals surface area contributed by atoms with Crippen LogP contribution in [0.5, 0.6) is 0 Å². The van der Waals surface area contributed by atoms with Gasteiger partial charge < -0.3 is 30.0 Å². The number of esters is 1. The average Bonchev–Trinajstić information content (AvgIpc) is 3.41. The summed E-state index contributed by atoms with van der Waals surface area (Å²) >= 11 is 0. The highest BCUT2D eigenvalue weighted by Gasteiger charge is 2.60. The predicted molar refractivity (Wildman–Crippen MR) is 191 cm³/mol. The molecule has 4 saturated carbocycles. The molecule has 4 rings (SSSR count). The maximum Gasteiger partial charge on any atom is 0.308 e. The van der Waals surface area contributed by atoms with Gasteiger partial charge in [0.2, 0.25) is 11.8 Å². The Balaban J connectivity index is 1.21. The van der Waals surface area contributed by atoms with Crippen LogP contribution in [0.1, 0.15) is 131 Å². The zero-order valence-electron chi connectivity index (χ0n) is 31.8. The topological polar surface area (TPSA) is 126 Å². The molecule has 9 nitrogen and oxygen atoms in total. The first kappa shape index (κ1) is 40.1. The molecule has 2 amide bonds. The van der Waals surface area contributed by atoms with Crippen molar-refractivity contribution in [2.24, 2.45) is 58.0 Å². The van der Waals surface area contributed by atoms with E-state index in [0.29, 0.717) is 49.8 Å². The van der Waals surface area contributed by atoms with Crippen LogP contribution in [0.2, 0.25) is 0 Å². The minimum absolute atomic E-state index is 0.0564. The molecule has 4 aliphatic rings. The van der Waals surface area contributed by atoms with E-state index < -0.39 is 23.8 Å². The third-order valence-electron chi connectivity index (χ3n) is 13.6. The molecule has 0 aromatic rings. The van der Waals surface area contributed by atoms with Gasteiger partial charge in [-0.1, -0.05) is 53.9 Å². The fourth-order valence-corrected chi connectivity index (χ4v) is 11.0.